The summed E-state index contributed by atoms with van der Waals surface area (Å²) in [5, 5.41) is 2.47. The highest BCUT2D eigenvalue weighted by atomic mass is 19.2. The summed E-state index contributed by atoms with van der Waals surface area (Å²) in [7, 11) is 0. The number of carbonyl (C=O) groups excluding carboxylic acids is 1. The van der Waals surface area contributed by atoms with Crippen LogP contribution in [-0.4, -0.2) is 5.91 Å². The van der Waals surface area contributed by atoms with Gasteiger partial charge in [0.05, 0.1) is 5.56 Å². The summed E-state index contributed by atoms with van der Waals surface area (Å²) in [5.41, 5.74) is 1.65. The maximum Gasteiger partial charge on any atom is 0.258 e. The minimum absolute atomic E-state index is 0.360. The lowest BCUT2D eigenvalue weighted by atomic mass is 9.90. The Labute approximate surface area is 130 Å². The van der Waals surface area contributed by atoms with Gasteiger partial charge in [-0.05, 0) is 48.9 Å². The number of hydrogen-bond donors (Lipinski definition) is 1. The molecule has 2 aromatic carbocycles. The number of amides is 1. The molecule has 3 rings (SSSR count). The second-order valence-corrected chi connectivity index (χ2v) is 5.45. The van der Waals surface area contributed by atoms with Crippen LogP contribution >= 0.6 is 0 Å². The highest BCUT2D eigenvalue weighted by Gasteiger charge is 2.24. The van der Waals surface area contributed by atoms with Crippen molar-refractivity contribution in [3.05, 3.63) is 64.2 Å². The van der Waals surface area contributed by atoms with Crippen LogP contribution in [0, 0.1) is 23.3 Å². The molecule has 1 aliphatic carbocycles. The Kier molecular flexibility index (Phi) is 4.07. The largest absolute Gasteiger partial charge is 0.322 e. The molecule has 0 atom stereocenters. The Morgan fingerprint density at radius 3 is 2.48 bits per heavy atom. The third-order valence-electron chi connectivity index (χ3n) is 3.99. The van der Waals surface area contributed by atoms with Crippen molar-refractivity contribution in [1.29, 1.82) is 0 Å². The fourth-order valence-electron chi connectivity index (χ4n) is 2.83. The highest BCUT2D eigenvalue weighted by Crippen LogP contribution is 2.28. The highest BCUT2D eigenvalue weighted by molar-refractivity contribution is 6.05. The lowest BCUT2D eigenvalue weighted by Gasteiger charge is -2.19. The molecule has 0 radical (unpaired) electrons. The van der Waals surface area contributed by atoms with Crippen molar-refractivity contribution < 1.29 is 22.4 Å². The zero-order chi connectivity index (χ0) is 16.6. The van der Waals surface area contributed by atoms with Crippen LogP contribution in [0.1, 0.15) is 34.3 Å². The van der Waals surface area contributed by atoms with E-state index >= 15 is 0 Å². The van der Waals surface area contributed by atoms with Crippen molar-refractivity contribution in [2.75, 3.05) is 5.32 Å². The van der Waals surface area contributed by atoms with E-state index in [2.05, 4.69) is 5.32 Å². The summed E-state index contributed by atoms with van der Waals surface area (Å²) in [4.78, 5) is 12.1. The summed E-state index contributed by atoms with van der Waals surface area (Å²) in [6.45, 7) is 0. The summed E-state index contributed by atoms with van der Waals surface area (Å²) < 4.78 is 53.1. The van der Waals surface area contributed by atoms with Crippen molar-refractivity contribution in [3.8, 4) is 0 Å². The Morgan fingerprint density at radius 1 is 0.957 bits per heavy atom. The normalized spacial score (nSPS) is 13.6. The Balaban J connectivity index is 1.95. The molecule has 0 saturated heterocycles. The molecular weight excluding hydrogens is 310 g/mol. The molecule has 0 unspecified atom stereocenters. The molecule has 2 aromatic rings. The number of aryl methyl sites for hydroxylation is 1. The van der Waals surface area contributed by atoms with Gasteiger partial charge in [0, 0.05) is 5.69 Å². The molecular formula is C17H13F4NO. The van der Waals surface area contributed by atoms with Gasteiger partial charge in [-0.3, -0.25) is 4.79 Å². The maximum atomic E-state index is 13.7. The zero-order valence-corrected chi connectivity index (χ0v) is 12.1. The first-order chi connectivity index (χ1) is 11.0. The Morgan fingerprint density at radius 2 is 1.70 bits per heavy atom. The van der Waals surface area contributed by atoms with Gasteiger partial charge in [0.25, 0.3) is 5.91 Å². The SMILES string of the molecule is O=C(Nc1cccc2c1CCCC2)c1cc(F)c(F)c(F)c1F. The first-order valence-electron chi connectivity index (χ1n) is 7.24. The Bertz CT molecular complexity index is 789. The average Bonchev–Trinajstić information content (AvgIpc) is 2.56. The van der Waals surface area contributed by atoms with Crippen LogP contribution in [0.4, 0.5) is 23.2 Å². The van der Waals surface area contributed by atoms with E-state index in [-0.39, 0.29) is 0 Å². The van der Waals surface area contributed by atoms with Crippen LogP contribution in [-0.2, 0) is 12.8 Å². The van der Waals surface area contributed by atoms with Gasteiger partial charge in [-0.25, -0.2) is 17.6 Å². The Hall–Kier alpha value is -2.37. The van der Waals surface area contributed by atoms with Gasteiger partial charge in [0.2, 0.25) is 0 Å². The average molecular weight is 323 g/mol. The van der Waals surface area contributed by atoms with E-state index in [9.17, 15) is 22.4 Å². The molecule has 0 heterocycles. The molecule has 1 N–H and O–H groups in total. The number of nitrogens with one attached hydrogen (secondary N) is 1. The molecule has 1 aliphatic rings. The fraction of sp³-hybridized carbons (Fsp3) is 0.235. The maximum absolute atomic E-state index is 13.7. The minimum atomic E-state index is -2.00. The number of hydrogen-bond acceptors (Lipinski definition) is 1. The molecule has 0 aliphatic heterocycles. The number of anilines is 1. The number of fused-ring (bicyclic) bond motifs is 1. The van der Waals surface area contributed by atoms with E-state index in [1.165, 1.54) is 0 Å². The summed E-state index contributed by atoms with van der Waals surface area (Å²) in [5.74, 6) is -8.25. The second-order valence-electron chi connectivity index (χ2n) is 5.45. The van der Waals surface area contributed by atoms with Crippen molar-refractivity contribution in [3.63, 3.8) is 0 Å². The van der Waals surface area contributed by atoms with E-state index < -0.39 is 34.7 Å². The van der Waals surface area contributed by atoms with Crippen molar-refractivity contribution in [1.82, 2.24) is 0 Å². The van der Waals surface area contributed by atoms with Gasteiger partial charge in [-0.1, -0.05) is 12.1 Å². The lowest BCUT2D eigenvalue weighted by molar-refractivity contribution is 0.102. The third kappa shape index (κ3) is 2.81. The quantitative estimate of drug-likeness (QED) is 0.496. The first-order valence-corrected chi connectivity index (χ1v) is 7.24. The molecule has 6 heteroatoms. The van der Waals surface area contributed by atoms with Crippen molar-refractivity contribution >= 4 is 11.6 Å². The van der Waals surface area contributed by atoms with E-state index in [0.29, 0.717) is 11.8 Å². The minimum Gasteiger partial charge on any atom is -0.322 e. The number of carbonyl (C=O) groups is 1. The van der Waals surface area contributed by atoms with Crippen LogP contribution in [0.15, 0.2) is 24.3 Å². The third-order valence-corrected chi connectivity index (χ3v) is 3.99. The predicted octanol–water partition coefficient (Wildman–Crippen LogP) is 4.37. The molecule has 0 saturated carbocycles. The number of halogens is 4. The van der Waals surface area contributed by atoms with Crippen LogP contribution in [0.5, 0.6) is 0 Å². The van der Waals surface area contributed by atoms with Crippen molar-refractivity contribution in [2.24, 2.45) is 0 Å². The molecule has 0 aromatic heterocycles. The van der Waals surface area contributed by atoms with E-state index in [0.717, 1.165) is 36.8 Å². The molecule has 0 fully saturated rings. The van der Waals surface area contributed by atoms with Gasteiger partial charge >= 0.3 is 0 Å². The summed E-state index contributed by atoms with van der Waals surface area (Å²) in [6, 6.07) is 5.71. The summed E-state index contributed by atoms with van der Waals surface area (Å²) in [6.07, 6.45) is 3.66. The van der Waals surface area contributed by atoms with Gasteiger partial charge in [0.15, 0.2) is 23.3 Å². The fourth-order valence-corrected chi connectivity index (χ4v) is 2.83. The topological polar surface area (TPSA) is 29.1 Å². The second kappa shape index (κ2) is 6.02. The lowest BCUT2D eigenvalue weighted by Crippen LogP contribution is -2.18. The van der Waals surface area contributed by atoms with Crippen LogP contribution in [0.3, 0.4) is 0 Å². The molecule has 23 heavy (non-hydrogen) atoms. The monoisotopic (exact) mass is 323 g/mol. The van der Waals surface area contributed by atoms with E-state index in [1.54, 1.807) is 12.1 Å². The molecule has 0 spiro atoms. The number of benzene rings is 2. The van der Waals surface area contributed by atoms with Gasteiger partial charge in [-0.15, -0.1) is 0 Å². The van der Waals surface area contributed by atoms with Crippen LogP contribution in [0.25, 0.3) is 0 Å². The van der Waals surface area contributed by atoms with E-state index in [1.807, 2.05) is 6.07 Å². The molecule has 2 nitrogen and oxygen atoms in total. The van der Waals surface area contributed by atoms with Crippen LogP contribution in [0.2, 0.25) is 0 Å². The van der Waals surface area contributed by atoms with Crippen molar-refractivity contribution in [2.45, 2.75) is 25.7 Å². The smallest absolute Gasteiger partial charge is 0.258 e. The molecule has 120 valence electrons. The predicted molar refractivity (Wildman–Crippen MR) is 77.3 cm³/mol. The number of rotatable bonds is 2. The van der Waals surface area contributed by atoms with Gasteiger partial charge in [0.1, 0.15) is 0 Å². The van der Waals surface area contributed by atoms with Gasteiger partial charge in [-0.2, -0.15) is 0 Å². The first kappa shape index (κ1) is 15.5. The van der Waals surface area contributed by atoms with Gasteiger partial charge < -0.3 is 5.32 Å². The standard InChI is InChI=1S/C17H13F4NO/c18-12-8-11(14(19)16(21)15(12)20)17(23)22-13-7-3-5-9-4-1-2-6-10(9)13/h3,5,7-8H,1-2,4,6H2,(H,22,23). The van der Waals surface area contributed by atoms with Crippen LogP contribution < -0.4 is 5.32 Å². The van der Waals surface area contributed by atoms with E-state index in [4.69, 9.17) is 0 Å². The molecule has 0 bridgehead atoms. The zero-order valence-electron chi connectivity index (χ0n) is 12.1. The molecule has 1 amide bonds. The summed E-state index contributed by atoms with van der Waals surface area (Å²) >= 11 is 0.